The zero-order chi connectivity index (χ0) is 10.7. The summed E-state index contributed by atoms with van der Waals surface area (Å²) in [5.74, 6) is 0. The third-order valence-electron chi connectivity index (χ3n) is 1.82. The van der Waals surface area contributed by atoms with E-state index in [2.05, 4.69) is 15.2 Å². The monoisotopic (exact) mass is 222 g/mol. The summed E-state index contributed by atoms with van der Waals surface area (Å²) in [6, 6.07) is 3.36. The Labute approximate surface area is 90.4 Å². The molecule has 2 heterocycles. The zero-order valence-electron chi connectivity index (χ0n) is 7.67. The molecule has 0 unspecified atom stereocenters. The van der Waals surface area contributed by atoms with Crippen molar-refractivity contribution in [3.05, 3.63) is 51.9 Å². The number of aromatic nitrogens is 4. The molecule has 2 aromatic heterocycles. The number of nitrogens with zero attached hydrogens (tertiary/aromatic N) is 4. The van der Waals surface area contributed by atoms with Crippen LogP contribution in [0.3, 0.4) is 0 Å². The van der Waals surface area contributed by atoms with Crippen LogP contribution < -0.4 is 5.56 Å². The lowest BCUT2D eigenvalue weighted by Crippen LogP contribution is -2.19. The van der Waals surface area contributed by atoms with E-state index in [1.807, 2.05) is 0 Å². The summed E-state index contributed by atoms with van der Waals surface area (Å²) in [6.45, 7) is 0.367. The van der Waals surface area contributed by atoms with Gasteiger partial charge in [0, 0.05) is 12.4 Å². The number of hydrogen-bond donors (Lipinski definition) is 0. The van der Waals surface area contributed by atoms with Crippen LogP contribution in [0.1, 0.15) is 5.69 Å². The number of hydrogen-bond acceptors (Lipinski definition) is 4. The summed E-state index contributed by atoms with van der Waals surface area (Å²) in [6.07, 6.45) is 4.40. The van der Waals surface area contributed by atoms with E-state index >= 15 is 0 Å². The first-order valence-electron chi connectivity index (χ1n) is 4.24. The van der Waals surface area contributed by atoms with Crippen molar-refractivity contribution in [3.8, 4) is 0 Å². The molecule has 0 amide bonds. The summed E-state index contributed by atoms with van der Waals surface area (Å²) in [5, 5.41) is 7.88. The van der Waals surface area contributed by atoms with E-state index in [-0.39, 0.29) is 5.56 Å². The summed E-state index contributed by atoms with van der Waals surface area (Å²) in [4.78, 5) is 15.0. The van der Waals surface area contributed by atoms with Gasteiger partial charge < -0.3 is 4.57 Å². The Kier molecular flexibility index (Phi) is 2.73. The quantitative estimate of drug-likeness (QED) is 0.752. The van der Waals surface area contributed by atoms with Crippen LogP contribution >= 0.6 is 11.6 Å². The smallest absolute Gasteiger partial charge is 0.269 e. The first-order valence-corrected chi connectivity index (χ1v) is 4.62. The van der Waals surface area contributed by atoms with Crippen LogP contribution in [0.2, 0.25) is 5.15 Å². The second-order valence-electron chi connectivity index (χ2n) is 2.89. The first-order chi connectivity index (χ1) is 7.25. The molecule has 0 aliphatic rings. The standard InChI is InChI=1S/C9H7ClN4O/c10-8-2-1-7(12-13-8)6-14-4-3-11-5-9(14)15/h1-5H,6H2. The molecule has 0 N–H and O–H groups in total. The Balaban J connectivity index is 2.26. The molecule has 0 aromatic carbocycles. The predicted octanol–water partition coefficient (Wildman–Crippen LogP) is 0.735. The molecule has 6 heteroatoms. The van der Waals surface area contributed by atoms with Crippen molar-refractivity contribution in [2.45, 2.75) is 6.54 Å². The fourth-order valence-corrected chi connectivity index (χ4v) is 1.21. The third kappa shape index (κ3) is 2.38. The maximum Gasteiger partial charge on any atom is 0.269 e. The first kappa shape index (κ1) is 9.79. The molecule has 0 bridgehead atoms. The van der Waals surface area contributed by atoms with Crippen molar-refractivity contribution in [3.63, 3.8) is 0 Å². The van der Waals surface area contributed by atoms with Gasteiger partial charge in [-0.1, -0.05) is 11.6 Å². The minimum atomic E-state index is -0.172. The second kappa shape index (κ2) is 4.18. The molecule has 0 radical (unpaired) electrons. The molecule has 0 spiro atoms. The highest BCUT2D eigenvalue weighted by Crippen LogP contribution is 2.02. The van der Waals surface area contributed by atoms with E-state index < -0.39 is 0 Å². The molecule has 0 saturated carbocycles. The van der Waals surface area contributed by atoms with Crippen molar-refractivity contribution < 1.29 is 0 Å². The maximum absolute atomic E-state index is 11.3. The molecule has 2 rings (SSSR count). The van der Waals surface area contributed by atoms with Crippen molar-refractivity contribution in [2.24, 2.45) is 0 Å². The third-order valence-corrected chi connectivity index (χ3v) is 2.02. The van der Waals surface area contributed by atoms with Gasteiger partial charge in [0.15, 0.2) is 5.15 Å². The Morgan fingerprint density at radius 3 is 2.87 bits per heavy atom. The highest BCUT2D eigenvalue weighted by molar-refractivity contribution is 6.29. The fraction of sp³-hybridized carbons (Fsp3) is 0.111. The van der Waals surface area contributed by atoms with Gasteiger partial charge in [0.25, 0.3) is 5.56 Å². The lowest BCUT2D eigenvalue weighted by Gasteiger charge is -2.02. The van der Waals surface area contributed by atoms with Crippen LogP contribution in [0.4, 0.5) is 0 Å². The molecule has 0 saturated heterocycles. The largest absolute Gasteiger partial charge is 0.307 e. The molecule has 5 nitrogen and oxygen atoms in total. The SMILES string of the molecule is O=c1cnccn1Cc1ccc(Cl)nn1. The van der Waals surface area contributed by atoms with Crippen LogP contribution in [0, 0.1) is 0 Å². The van der Waals surface area contributed by atoms with Crippen LogP contribution in [0.5, 0.6) is 0 Å². The highest BCUT2D eigenvalue weighted by Gasteiger charge is 1.99. The Bertz CT molecular complexity index is 508. The molecule has 0 aliphatic heterocycles. The maximum atomic E-state index is 11.3. The number of halogens is 1. The van der Waals surface area contributed by atoms with E-state index in [4.69, 9.17) is 11.6 Å². The second-order valence-corrected chi connectivity index (χ2v) is 3.28. The Morgan fingerprint density at radius 2 is 2.20 bits per heavy atom. The van der Waals surface area contributed by atoms with Crippen molar-refractivity contribution in [1.29, 1.82) is 0 Å². The van der Waals surface area contributed by atoms with Gasteiger partial charge in [-0.05, 0) is 12.1 Å². The van der Waals surface area contributed by atoms with Crippen molar-refractivity contribution in [2.75, 3.05) is 0 Å². The minimum Gasteiger partial charge on any atom is -0.307 e. The molecule has 0 aliphatic carbocycles. The summed E-state index contributed by atoms with van der Waals surface area (Å²) >= 11 is 5.59. The van der Waals surface area contributed by atoms with Gasteiger partial charge >= 0.3 is 0 Å². The average Bonchev–Trinajstić information content (AvgIpc) is 2.25. The van der Waals surface area contributed by atoms with Gasteiger partial charge in [-0.2, -0.15) is 5.10 Å². The summed E-state index contributed by atoms with van der Waals surface area (Å²) in [7, 11) is 0. The van der Waals surface area contributed by atoms with Gasteiger partial charge in [-0.3, -0.25) is 9.78 Å². The zero-order valence-corrected chi connectivity index (χ0v) is 8.42. The highest BCUT2D eigenvalue weighted by atomic mass is 35.5. The van der Waals surface area contributed by atoms with E-state index in [0.717, 1.165) is 0 Å². The van der Waals surface area contributed by atoms with Crippen LogP contribution in [-0.4, -0.2) is 19.7 Å². The topological polar surface area (TPSA) is 60.7 Å². The molecule has 0 fully saturated rings. The Morgan fingerprint density at radius 1 is 1.33 bits per heavy atom. The van der Waals surface area contributed by atoms with Gasteiger partial charge in [-0.25, -0.2) is 0 Å². The lowest BCUT2D eigenvalue weighted by atomic mass is 10.4. The molecule has 0 atom stereocenters. The Hall–Kier alpha value is -1.75. The van der Waals surface area contributed by atoms with Gasteiger partial charge in [0.05, 0.1) is 18.4 Å². The van der Waals surface area contributed by atoms with Crippen molar-refractivity contribution in [1.82, 2.24) is 19.7 Å². The average molecular weight is 223 g/mol. The van der Waals surface area contributed by atoms with Crippen LogP contribution in [-0.2, 0) is 6.54 Å². The summed E-state index contributed by atoms with van der Waals surface area (Å²) < 4.78 is 1.49. The van der Waals surface area contributed by atoms with Crippen molar-refractivity contribution >= 4 is 11.6 Å². The number of rotatable bonds is 2. The molecular weight excluding hydrogens is 216 g/mol. The van der Waals surface area contributed by atoms with Gasteiger partial charge in [0.1, 0.15) is 0 Å². The van der Waals surface area contributed by atoms with E-state index in [0.29, 0.717) is 17.4 Å². The predicted molar refractivity (Wildman–Crippen MR) is 54.6 cm³/mol. The summed E-state index contributed by atoms with van der Waals surface area (Å²) in [5.41, 5.74) is 0.502. The van der Waals surface area contributed by atoms with Gasteiger partial charge in [-0.15, -0.1) is 5.10 Å². The lowest BCUT2D eigenvalue weighted by molar-refractivity contribution is 0.715. The van der Waals surface area contributed by atoms with E-state index in [1.54, 1.807) is 24.5 Å². The normalized spacial score (nSPS) is 10.2. The molecular formula is C9H7ClN4O. The van der Waals surface area contributed by atoms with Gasteiger partial charge in [0.2, 0.25) is 0 Å². The molecule has 15 heavy (non-hydrogen) atoms. The van der Waals surface area contributed by atoms with Crippen LogP contribution in [0.15, 0.2) is 35.5 Å². The van der Waals surface area contributed by atoms with E-state index in [9.17, 15) is 4.79 Å². The molecule has 76 valence electrons. The fourth-order valence-electron chi connectivity index (χ4n) is 1.11. The molecule has 2 aromatic rings. The minimum absolute atomic E-state index is 0.172. The van der Waals surface area contributed by atoms with E-state index in [1.165, 1.54) is 10.8 Å². The van der Waals surface area contributed by atoms with Crippen LogP contribution in [0.25, 0.3) is 0 Å².